The van der Waals surface area contributed by atoms with Crippen LogP contribution < -0.4 is 5.32 Å². The Kier molecular flexibility index (Phi) is 4.40. The van der Waals surface area contributed by atoms with E-state index in [1.54, 1.807) is 0 Å². The Morgan fingerprint density at radius 2 is 1.76 bits per heavy atom. The Labute approximate surface area is 128 Å². The molecule has 1 aliphatic rings. The molecule has 0 radical (unpaired) electrons. The summed E-state index contributed by atoms with van der Waals surface area (Å²) >= 11 is 0. The number of hydrogen-bond donors (Lipinski definition) is 1. The number of benzene rings is 2. The molecule has 2 aromatic carbocycles. The predicted molar refractivity (Wildman–Crippen MR) is 89.7 cm³/mol. The van der Waals surface area contributed by atoms with E-state index in [4.69, 9.17) is 0 Å². The summed E-state index contributed by atoms with van der Waals surface area (Å²) < 4.78 is 0. The van der Waals surface area contributed by atoms with Gasteiger partial charge in [-0.25, -0.2) is 0 Å². The van der Waals surface area contributed by atoms with Gasteiger partial charge < -0.3 is 5.32 Å². The van der Waals surface area contributed by atoms with Gasteiger partial charge in [0.1, 0.15) is 0 Å². The largest absolute Gasteiger partial charge is 0.313 e. The summed E-state index contributed by atoms with van der Waals surface area (Å²) in [6.07, 6.45) is 5.20. The predicted octanol–water partition coefficient (Wildman–Crippen LogP) is 4.77. The summed E-state index contributed by atoms with van der Waals surface area (Å²) in [7, 11) is 2.06. The molecular weight excluding hydrogens is 254 g/mol. The molecule has 1 aliphatic carbocycles. The summed E-state index contributed by atoms with van der Waals surface area (Å²) in [6.45, 7) is 2.20. The summed E-state index contributed by atoms with van der Waals surface area (Å²) in [5.41, 5.74) is 5.73. The van der Waals surface area contributed by atoms with Crippen molar-refractivity contribution in [3.8, 4) is 0 Å². The van der Waals surface area contributed by atoms with Crippen LogP contribution in [0.3, 0.4) is 0 Å². The molecule has 1 fully saturated rings. The fourth-order valence-electron chi connectivity index (χ4n) is 3.19. The van der Waals surface area contributed by atoms with Crippen LogP contribution in [0.4, 0.5) is 0 Å². The van der Waals surface area contributed by atoms with Gasteiger partial charge in [0.15, 0.2) is 0 Å². The van der Waals surface area contributed by atoms with Crippen molar-refractivity contribution in [3.63, 3.8) is 0 Å². The summed E-state index contributed by atoms with van der Waals surface area (Å²) in [6, 6.07) is 18.4. The van der Waals surface area contributed by atoms with Gasteiger partial charge in [-0.15, -0.1) is 0 Å². The van der Waals surface area contributed by atoms with Gasteiger partial charge in [-0.3, -0.25) is 0 Å². The van der Waals surface area contributed by atoms with Crippen LogP contribution in [0.5, 0.6) is 0 Å². The van der Waals surface area contributed by atoms with Crippen molar-refractivity contribution in [1.82, 2.24) is 5.32 Å². The van der Waals surface area contributed by atoms with E-state index >= 15 is 0 Å². The van der Waals surface area contributed by atoms with Crippen LogP contribution in [0.2, 0.25) is 0 Å². The Bertz CT molecular complexity index is 581. The zero-order valence-corrected chi connectivity index (χ0v) is 13.1. The second kappa shape index (κ2) is 6.44. The van der Waals surface area contributed by atoms with Gasteiger partial charge in [-0.05, 0) is 61.4 Å². The van der Waals surface area contributed by atoms with Crippen molar-refractivity contribution in [1.29, 1.82) is 0 Å². The van der Waals surface area contributed by atoms with Gasteiger partial charge in [-0.1, -0.05) is 55.0 Å². The molecule has 0 bridgehead atoms. The third-order valence-corrected chi connectivity index (χ3v) is 4.95. The second-order valence-corrected chi connectivity index (χ2v) is 6.27. The summed E-state index contributed by atoms with van der Waals surface area (Å²) in [4.78, 5) is 0. The SMILES string of the molecule is CNC(Cc1ccccc1C)c1ccc(C2CCC2)cc1. The topological polar surface area (TPSA) is 12.0 Å². The Balaban J connectivity index is 1.75. The first-order valence-corrected chi connectivity index (χ1v) is 8.09. The van der Waals surface area contributed by atoms with Crippen molar-refractivity contribution in [2.75, 3.05) is 7.05 Å². The van der Waals surface area contributed by atoms with E-state index in [1.807, 2.05) is 0 Å². The first kappa shape index (κ1) is 14.3. The normalized spacial score (nSPS) is 16.5. The van der Waals surface area contributed by atoms with Crippen LogP contribution in [-0.4, -0.2) is 7.05 Å². The van der Waals surface area contributed by atoms with Crippen molar-refractivity contribution >= 4 is 0 Å². The lowest BCUT2D eigenvalue weighted by Gasteiger charge is -2.26. The maximum Gasteiger partial charge on any atom is 0.0358 e. The smallest absolute Gasteiger partial charge is 0.0358 e. The molecule has 0 aliphatic heterocycles. The maximum absolute atomic E-state index is 3.47. The lowest BCUT2D eigenvalue weighted by molar-refractivity contribution is 0.419. The highest BCUT2D eigenvalue weighted by molar-refractivity contribution is 5.32. The Morgan fingerprint density at radius 3 is 2.33 bits per heavy atom. The van der Waals surface area contributed by atoms with Gasteiger partial charge in [0, 0.05) is 6.04 Å². The molecule has 21 heavy (non-hydrogen) atoms. The van der Waals surface area contributed by atoms with Gasteiger partial charge >= 0.3 is 0 Å². The number of likely N-dealkylation sites (N-methyl/N-ethyl adjacent to an activating group) is 1. The van der Waals surface area contributed by atoms with Crippen molar-refractivity contribution in [3.05, 3.63) is 70.8 Å². The molecule has 1 N–H and O–H groups in total. The lowest BCUT2D eigenvalue weighted by Crippen LogP contribution is -2.19. The summed E-state index contributed by atoms with van der Waals surface area (Å²) in [5.74, 6) is 0.823. The molecule has 0 spiro atoms. The average Bonchev–Trinajstić information content (AvgIpc) is 2.46. The molecule has 3 rings (SSSR count). The molecule has 0 saturated heterocycles. The molecule has 1 heteroatoms. The minimum atomic E-state index is 0.390. The highest BCUT2D eigenvalue weighted by Crippen LogP contribution is 2.36. The van der Waals surface area contributed by atoms with E-state index in [9.17, 15) is 0 Å². The molecule has 1 nitrogen and oxygen atoms in total. The first-order chi connectivity index (χ1) is 10.3. The minimum Gasteiger partial charge on any atom is -0.313 e. The van der Waals surface area contributed by atoms with E-state index in [1.165, 1.54) is 41.5 Å². The third-order valence-electron chi connectivity index (χ3n) is 4.95. The molecule has 2 aromatic rings. The highest BCUT2D eigenvalue weighted by Gasteiger charge is 2.19. The van der Waals surface area contributed by atoms with Crippen LogP contribution >= 0.6 is 0 Å². The number of aryl methyl sites for hydroxylation is 1. The van der Waals surface area contributed by atoms with Gasteiger partial charge in [0.2, 0.25) is 0 Å². The standard InChI is InChI=1S/C20H25N/c1-15-6-3-4-7-19(15)14-20(21-2)18-12-10-17(11-13-18)16-8-5-9-16/h3-4,6-7,10-13,16,20-21H,5,8-9,14H2,1-2H3. The van der Waals surface area contributed by atoms with Crippen molar-refractivity contribution in [2.45, 2.75) is 44.6 Å². The van der Waals surface area contributed by atoms with Crippen LogP contribution in [0.25, 0.3) is 0 Å². The van der Waals surface area contributed by atoms with Crippen molar-refractivity contribution < 1.29 is 0 Å². The molecule has 0 heterocycles. The van der Waals surface area contributed by atoms with Crippen molar-refractivity contribution in [2.24, 2.45) is 0 Å². The maximum atomic E-state index is 3.47. The van der Waals surface area contributed by atoms with Crippen LogP contribution in [0.1, 0.15) is 53.5 Å². The van der Waals surface area contributed by atoms with E-state index in [2.05, 4.69) is 67.8 Å². The lowest BCUT2D eigenvalue weighted by atomic mass is 9.79. The van der Waals surface area contributed by atoms with E-state index in [0.29, 0.717) is 6.04 Å². The molecule has 110 valence electrons. The van der Waals surface area contributed by atoms with E-state index in [-0.39, 0.29) is 0 Å². The minimum absolute atomic E-state index is 0.390. The van der Waals surface area contributed by atoms with Crippen LogP contribution in [0, 0.1) is 6.92 Å². The monoisotopic (exact) mass is 279 g/mol. The van der Waals surface area contributed by atoms with Gasteiger partial charge in [0.05, 0.1) is 0 Å². The third kappa shape index (κ3) is 3.19. The summed E-state index contributed by atoms with van der Waals surface area (Å²) in [5, 5.41) is 3.47. The Morgan fingerprint density at radius 1 is 1.05 bits per heavy atom. The molecule has 0 amide bonds. The van der Waals surface area contributed by atoms with Gasteiger partial charge in [-0.2, -0.15) is 0 Å². The zero-order chi connectivity index (χ0) is 14.7. The number of hydrogen-bond acceptors (Lipinski definition) is 1. The molecular formula is C20H25N. The van der Waals surface area contributed by atoms with Gasteiger partial charge in [0.25, 0.3) is 0 Å². The van der Waals surface area contributed by atoms with E-state index < -0.39 is 0 Å². The average molecular weight is 279 g/mol. The van der Waals surface area contributed by atoms with E-state index in [0.717, 1.165) is 12.3 Å². The number of rotatable bonds is 5. The van der Waals surface area contributed by atoms with Crippen LogP contribution in [0.15, 0.2) is 48.5 Å². The molecule has 1 saturated carbocycles. The zero-order valence-electron chi connectivity index (χ0n) is 13.1. The Hall–Kier alpha value is -1.60. The first-order valence-electron chi connectivity index (χ1n) is 8.09. The highest BCUT2D eigenvalue weighted by atomic mass is 14.9. The fourth-order valence-corrected chi connectivity index (χ4v) is 3.19. The molecule has 1 unspecified atom stereocenters. The quantitative estimate of drug-likeness (QED) is 0.831. The second-order valence-electron chi connectivity index (χ2n) is 6.27. The molecule has 0 aromatic heterocycles. The van der Waals surface area contributed by atoms with Crippen LogP contribution in [-0.2, 0) is 6.42 Å². The fraction of sp³-hybridized carbons (Fsp3) is 0.400. The number of nitrogens with one attached hydrogen (secondary N) is 1. The molecule has 1 atom stereocenters.